The van der Waals surface area contributed by atoms with Crippen molar-refractivity contribution in [1.82, 2.24) is 0 Å². The summed E-state index contributed by atoms with van der Waals surface area (Å²) in [6, 6.07) is 16.8. The summed E-state index contributed by atoms with van der Waals surface area (Å²) in [4.78, 5) is 0. The summed E-state index contributed by atoms with van der Waals surface area (Å²) in [5.74, 6) is 1.64. The van der Waals surface area contributed by atoms with Gasteiger partial charge in [-0.2, -0.15) is 0 Å². The van der Waals surface area contributed by atoms with Gasteiger partial charge < -0.3 is 10.1 Å². The van der Waals surface area contributed by atoms with Crippen LogP contribution in [0, 0.1) is 12.8 Å². The Morgan fingerprint density at radius 3 is 2.24 bits per heavy atom. The van der Waals surface area contributed by atoms with Crippen LogP contribution in [-0.4, -0.2) is 6.61 Å². The lowest BCUT2D eigenvalue weighted by molar-refractivity contribution is 0.289. The number of ether oxygens (including phenoxy) is 1. The third kappa shape index (κ3) is 5.50. The van der Waals surface area contributed by atoms with Crippen molar-refractivity contribution in [3.8, 4) is 5.75 Å². The second-order valence-electron chi connectivity index (χ2n) is 5.89. The molecule has 0 amide bonds. The van der Waals surface area contributed by atoms with Crippen molar-refractivity contribution >= 4 is 5.69 Å². The van der Waals surface area contributed by atoms with E-state index in [0.717, 1.165) is 31.0 Å². The zero-order valence-electron chi connectivity index (χ0n) is 13.2. The molecule has 0 saturated carbocycles. The number of rotatable bonds is 7. The molecule has 1 N–H and O–H groups in total. The molecule has 0 spiro atoms. The fourth-order valence-electron chi connectivity index (χ4n) is 1.99. The van der Waals surface area contributed by atoms with Crippen molar-refractivity contribution in [2.24, 2.45) is 5.92 Å². The van der Waals surface area contributed by atoms with Crippen LogP contribution in [0.5, 0.6) is 5.75 Å². The minimum atomic E-state index is 0.683. The third-order valence-corrected chi connectivity index (χ3v) is 3.44. The normalized spacial score (nSPS) is 10.7. The van der Waals surface area contributed by atoms with Crippen molar-refractivity contribution in [2.75, 3.05) is 11.9 Å². The van der Waals surface area contributed by atoms with Crippen LogP contribution in [0.15, 0.2) is 48.5 Å². The summed E-state index contributed by atoms with van der Waals surface area (Å²) in [5.41, 5.74) is 3.69. The second-order valence-corrected chi connectivity index (χ2v) is 5.89. The van der Waals surface area contributed by atoms with E-state index in [9.17, 15) is 0 Å². The van der Waals surface area contributed by atoms with Crippen molar-refractivity contribution in [3.05, 3.63) is 59.7 Å². The number of nitrogens with one attached hydrogen (secondary N) is 1. The lowest BCUT2D eigenvalue weighted by atomic mass is 10.1. The number of hydrogen-bond acceptors (Lipinski definition) is 2. The molecular formula is C19H25NO. The first-order valence-electron chi connectivity index (χ1n) is 7.66. The molecule has 0 aliphatic heterocycles. The zero-order chi connectivity index (χ0) is 15.1. The molecule has 0 aromatic heterocycles. The van der Waals surface area contributed by atoms with Crippen LogP contribution in [0.2, 0.25) is 0 Å². The van der Waals surface area contributed by atoms with Gasteiger partial charge in [0.2, 0.25) is 0 Å². The van der Waals surface area contributed by atoms with Gasteiger partial charge in [0.25, 0.3) is 0 Å². The Morgan fingerprint density at radius 2 is 1.62 bits per heavy atom. The molecule has 0 atom stereocenters. The maximum absolute atomic E-state index is 5.73. The third-order valence-electron chi connectivity index (χ3n) is 3.44. The first-order valence-corrected chi connectivity index (χ1v) is 7.66. The van der Waals surface area contributed by atoms with Gasteiger partial charge in [0, 0.05) is 12.2 Å². The summed E-state index contributed by atoms with van der Waals surface area (Å²) < 4.78 is 5.73. The molecular weight excluding hydrogens is 258 g/mol. The van der Waals surface area contributed by atoms with Gasteiger partial charge in [0.05, 0.1) is 6.61 Å². The van der Waals surface area contributed by atoms with Gasteiger partial charge in [-0.3, -0.25) is 0 Å². The van der Waals surface area contributed by atoms with Gasteiger partial charge in [0.15, 0.2) is 0 Å². The SMILES string of the molecule is Cc1ccc(NCc2ccc(OCCC(C)C)cc2)cc1. The molecule has 2 heteroatoms. The van der Waals surface area contributed by atoms with E-state index in [1.54, 1.807) is 0 Å². The molecule has 0 aliphatic rings. The lowest BCUT2D eigenvalue weighted by Crippen LogP contribution is -2.02. The molecule has 2 aromatic carbocycles. The summed E-state index contributed by atoms with van der Waals surface area (Å²) in [6.45, 7) is 8.14. The molecule has 0 saturated heterocycles. The van der Waals surface area contributed by atoms with Crippen LogP contribution in [0.3, 0.4) is 0 Å². The average molecular weight is 283 g/mol. The molecule has 0 bridgehead atoms. The Morgan fingerprint density at radius 1 is 0.952 bits per heavy atom. The summed E-state index contributed by atoms with van der Waals surface area (Å²) in [7, 11) is 0. The topological polar surface area (TPSA) is 21.3 Å². The maximum atomic E-state index is 5.73. The maximum Gasteiger partial charge on any atom is 0.119 e. The van der Waals surface area contributed by atoms with Gasteiger partial charge in [-0.25, -0.2) is 0 Å². The zero-order valence-corrected chi connectivity index (χ0v) is 13.2. The molecule has 0 aliphatic carbocycles. The van der Waals surface area contributed by atoms with Crippen LogP contribution in [0.1, 0.15) is 31.4 Å². The predicted molar refractivity (Wildman–Crippen MR) is 89.9 cm³/mol. The Kier molecular flexibility index (Phi) is 5.68. The van der Waals surface area contributed by atoms with E-state index in [0.29, 0.717) is 5.92 Å². The molecule has 2 nitrogen and oxygen atoms in total. The van der Waals surface area contributed by atoms with E-state index in [1.807, 2.05) is 12.1 Å². The van der Waals surface area contributed by atoms with Crippen LogP contribution < -0.4 is 10.1 Å². The van der Waals surface area contributed by atoms with E-state index in [-0.39, 0.29) is 0 Å². The van der Waals surface area contributed by atoms with Gasteiger partial charge >= 0.3 is 0 Å². The van der Waals surface area contributed by atoms with Gasteiger partial charge in [-0.15, -0.1) is 0 Å². The highest BCUT2D eigenvalue weighted by atomic mass is 16.5. The minimum Gasteiger partial charge on any atom is -0.494 e. The Balaban J connectivity index is 1.80. The Labute approximate surface area is 128 Å². The standard InChI is InChI=1S/C19H25NO/c1-15(2)12-13-21-19-10-6-17(7-11-19)14-20-18-8-4-16(3)5-9-18/h4-11,15,20H,12-14H2,1-3H3. The van der Waals surface area contributed by atoms with Crippen LogP contribution in [0.4, 0.5) is 5.69 Å². The van der Waals surface area contributed by atoms with E-state index in [2.05, 4.69) is 62.5 Å². The minimum absolute atomic E-state index is 0.683. The van der Waals surface area contributed by atoms with Crippen molar-refractivity contribution in [3.63, 3.8) is 0 Å². The first-order chi connectivity index (χ1) is 10.1. The fraction of sp³-hybridized carbons (Fsp3) is 0.368. The van der Waals surface area contributed by atoms with Gasteiger partial charge in [-0.05, 0) is 49.1 Å². The summed E-state index contributed by atoms with van der Waals surface area (Å²) in [6.07, 6.45) is 1.09. The van der Waals surface area contributed by atoms with E-state index in [1.165, 1.54) is 11.1 Å². The predicted octanol–water partition coefficient (Wildman–Crippen LogP) is 5.03. The van der Waals surface area contributed by atoms with Gasteiger partial charge in [0.1, 0.15) is 5.75 Å². The molecule has 0 fully saturated rings. The Bertz CT molecular complexity index is 528. The average Bonchev–Trinajstić information content (AvgIpc) is 2.48. The molecule has 2 rings (SSSR count). The van der Waals surface area contributed by atoms with E-state index >= 15 is 0 Å². The number of aryl methyl sites for hydroxylation is 1. The number of benzene rings is 2. The number of anilines is 1. The molecule has 21 heavy (non-hydrogen) atoms. The van der Waals surface area contributed by atoms with Crippen LogP contribution >= 0.6 is 0 Å². The van der Waals surface area contributed by atoms with Gasteiger partial charge in [-0.1, -0.05) is 43.7 Å². The molecule has 0 radical (unpaired) electrons. The molecule has 0 unspecified atom stereocenters. The van der Waals surface area contributed by atoms with E-state index < -0.39 is 0 Å². The summed E-state index contributed by atoms with van der Waals surface area (Å²) in [5, 5.41) is 3.42. The second kappa shape index (κ2) is 7.72. The quantitative estimate of drug-likeness (QED) is 0.769. The smallest absolute Gasteiger partial charge is 0.119 e. The number of hydrogen-bond donors (Lipinski definition) is 1. The summed E-state index contributed by atoms with van der Waals surface area (Å²) >= 11 is 0. The largest absolute Gasteiger partial charge is 0.494 e. The monoisotopic (exact) mass is 283 g/mol. The van der Waals surface area contributed by atoms with Crippen LogP contribution in [-0.2, 0) is 6.54 Å². The molecule has 0 heterocycles. The Hall–Kier alpha value is -1.96. The lowest BCUT2D eigenvalue weighted by Gasteiger charge is -2.10. The highest BCUT2D eigenvalue weighted by molar-refractivity contribution is 5.45. The first kappa shape index (κ1) is 15.4. The van der Waals surface area contributed by atoms with Crippen molar-refractivity contribution in [1.29, 1.82) is 0 Å². The molecule has 112 valence electrons. The fourth-order valence-corrected chi connectivity index (χ4v) is 1.99. The van der Waals surface area contributed by atoms with E-state index in [4.69, 9.17) is 4.74 Å². The highest BCUT2D eigenvalue weighted by Crippen LogP contribution is 2.15. The highest BCUT2D eigenvalue weighted by Gasteiger charge is 1.98. The van der Waals surface area contributed by atoms with Crippen molar-refractivity contribution < 1.29 is 4.74 Å². The van der Waals surface area contributed by atoms with Crippen molar-refractivity contribution in [2.45, 2.75) is 33.7 Å². The molecule has 2 aromatic rings. The van der Waals surface area contributed by atoms with Crippen LogP contribution in [0.25, 0.3) is 0 Å².